The van der Waals surface area contributed by atoms with Crippen LogP contribution in [0.3, 0.4) is 0 Å². The van der Waals surface area contributed by atoms with E-state index in [4.69, 9.17) is 16.3 Å². The third kappa shape index (κ3) is 4.63. The van der Waals surface area contributed by atoms with Crippen LogP contribution in [0, 0.1) is 5.82 Å². The fourth-order valence-electron chi connectivity index (χ4n) is 3.76. The number of likely N-dealkylation sites (tertiary alicyclic amines) is 1. The maximum absolute atomic E-state index is 14.9. The maximum atomic E-state index is 14.9. The van der Waals surface area contributed by atoms with Gasteiger partial charge in [-0.3, -0.25) is 9.69 Å². The number of ether oxygens (including phenoxy) is 1. The smallest absolute Gasteiger partial charge is 0.302 e. The van der Waals surface area contributed by atoms with Gasteiger partial charge in [0.2, 0.25) is 0 Å². The van der Waals surface area contributed by atoms with E-state index in [9.17, 15) is 14.3 Å². The zero-order chi connectivity index (χ0) is 22.1. The van der Waals surface area contributed by atoms with Crippen LogP contribution in [0.1, 0.15) is 25.8 Å². The number of hydrogen-bond acceptors (Lipinski definition) is 7. The second-order valence-electron chi connectivity index (χ2n) is 7.47. The molecule has 3 aromatic rings. The molecule has 1 saturated heterocycles. The molecule has 0 amide bonds. The standard InChI is InChI=1S/C21H23ClFN5O3/c1-3-13-8-19(22)26-28-11-18(25-20(13)28)16-5-4-14(9-17(16)23)24-21(30)27-7-6-15(10-27)31-12(2)29/h4-5,8-9,11,15,21,24,30H,3,6-7,10H2,1-2H3/t15-,21?/m1/s1. The molecule has 0 spiro atoms. The highest BCUT2D eigenvalue weighted by Gasteiger charge is 2.29. The van der Waals surface area contributed by atoms with E-state index in [0.717, 1.165) is 12.0 Å². The molecular formula is C21H23ClFN5O3. The minimum absolute atomic E-state index is 0.252. The molecule has 3 heterocycles. The van der Waals surface area contributed by atoms with Gasteiger partial charge in [0.15, 0.2) is 12.0 Å². The van der Waals surface area contributed by atoms with Crippen molar-refractivity contribution in [2.45, 2.75) is 39.1 Å². The Balaban J connectivity index is 1.50. The number of esters is 1. The molecule has 10 heteroatoms. The first-order valence-corrected chi connectivity index (χ1v) is 10.4. The molecule has 0 bridgehead atoms. The number of benzene rings is 1. The molecule has 0 radical (unpaired) electrons. The Morgan fingerprint density at radius 1 is 1.45 bits per heavy atom. The number of aliphatic hydroxyl groups is 1. The summed E-state index contributed by atoms with van der Waals surface area (Å²) in [5.74, 6) is -0.827. The molecule has 1 unspecified atom stereocenters. The van der Waals surface area contributed by atoms with E-state index in [1.54, 1.807) is 33.8 Å². The highest BCUT2D eigenvalue weighted by molar-refractivity contribution is 6.29. The van der Waals surface area contributed by atoms with Gasteiger partial charge in [0.1, 0.15) is 17.1 Å². The fraction of sp³-hybridized carbons (Fsp3) is 0.381. The van der Waals surface area contributed by atoms with Gasteiger partial charge in [-0.1, -0.05) is 18.5 Å². The van der Waals surface area contributed by atoms with E-state index in [1.165, 1.54) is 13.0 Å². The van der Waals surface area contributed by atoms with Crippen molar-refractivity contribution in [1.82, 2.24) is 19.5 Å². The molecule has 0 saturated carbocycles. The van der Waals surface area contributed by atoms with Gasteiger partial charge in [0, 0.05) is 31.3 Å². The van der Waals surface area contributed by atoms with E-state index >= 15 is 0 Å². The van der Waals surface area contributed by atoms with Gasteiger partial charge in [-0.2, -0.15) is 5.10 Å². The third-order valence-electron chi connectivity index (χ3n) is 5.25. The lowest BCUT2D eigenvalue weighted by Crippen LogP contribution is -2.40. The number of imidazole rings is 1. The summed E-state index contributed by atoms with van der Waals surface area (Å²) in [6.45, 7) is 4.31. The van der Waals surface area contributed by atoms with Gasteiger partial charge in [-0.15, -0.1) is 0 Å². The lowest BCUT2D eigenvalue weighted by atomic mass is 10.1. The minimum atomic E-state index is -1.03. The first-order chi connectivity index (χ1) is 14.8. The normalized spacial score (nSPS) is 17.8. The molecular weight excluding hydrogens is 425 g/mol. The van der Waals surface area contributed by atoms with Crippen molar-refractivity contribution in [3.63, 3.8) is 0 Å². The van der Waals surface area contributed by atoms with E-state index in [1.807, 2.05) is 6.92 Å². The Hall–Kier alpha value is -2.75. The summed E-state index contributed by atoms with van der Waals surface area (Å²) in [7, 11) is 0. The highest BCUT2D eigenvalue weighted by atomic mass is 35.5. The summed E-state index contributed by atoms with van der Waals surface area (Å²) in [6, 6.07) is 6.34. The number of aromatic nitrogens is 3. The lowest BCUT2D eigenvalue weighted by Gasteiger charge is -2.24. The van der Waals surface area contributed by atoms with E-state index in [2.05, 4.69) is 15.4 Å². The summed E-state index contributed by atoms with van der Waals surface area (Å²) in [6.07, 6.45) is 1.72. The third-order valence-corrected chi connectivity index (χ3v) is 5.43. The molecule has 8 nitrogen and oxygen atoms in total. The van der Waals surface area contributed by atoms with Crippen molar-refractivity contribution in [3.05, 3.63) is 47.0 Å². The van der Waals surface area contributed by atoms with Crippen LogP contribution in [0.4, 0.5) is 10.1 Å². The number of aliphatic hydroxyl groups excluding tert-OH is 1. The van der Waals surface area contributed by atoms with Crippen molar-refractivity contribution < 1.29 is 19.0 Å². The van der Waals surface area contributed by atoms with E-state index in [0.29, 0.717) is 47.3 Å². The number of hydrogen-bond donors (Lipinski definition) is 2. The van der Waals surface area contributed by atoms with Crippen LogP contribution < -0.4 is 5.32 Å². The monoisotopic (exact) mass is 447 g/mol. The number of carbonyl (C=O) groups is 1. The summed E-state index contributed by atoms with van der Waals surface area (Å²) >= 11 is 6.05. The number of nitrogens with one attached hydrogen (secondary N) is 1. The molecule has 31 heavy (non-hydrogen) atoms. The number of aryl methyl sites for hydroxylation is 1. The topological polar surface area (TPSA) is 92.0 Å². The summed E-state index contributed by atoms with van der Waals surface area (Å²) in [5.41, 5.74) is 2.74. The Morgan fingerprint density at radius 2 is 2.26 bits per heavy atom. The zero-order valence-corrected chi connectivity index (χ0v) is 17.9. The number of carbonyl (C=O) groups excluding carboxylic acids is 1. The Bertz CT molecular complexity index is 1120. The van der Waals surface area contributed by atoms with Crippen molar-refractivity contribution in [2.24, 2.45) is 0 Å². The first kappa shape index (κ1) is 21.5. The molecule has 4 rings (SSSR count). The van der Waals surface area contributed by atoms with Gasteiger partial charge in [0.05, 0.1) is 11.9 Å². The van der Waals surface area contributed by atoms with Gasteiger partial charge >= 0.3 is 5.97 Å². The first-order valence-electron chi connectivity index (χ1n) is 10.0. The Morgan fingerprint density at radius 3 is 2.97 bits per heavy atom. The van der Waals surface area contributed by atoms with Crippen LogP contribution in [0.5, 0.6) is 0 Å². The quantitative estimate of drug-likeness (QED) is 0.443. The molecule has 1 aromatic carbocycles. The molecule has 2 aromatic heterocycles. The van der Waals surface area contributed by atoms with E-state index < -0.39 is 12.2 Å². The summed E-state index contributed by atoms with van der Waals surface area (Å²) < 4.78 is 21.6. The largest absolute Gasteiger partial charge is 0.461 e. The molecule has 164 valence electrons. The maximum Gasteiger partial charge on any atom is 0.302 e. The second kappa shape index (κ2) is 8.78. The lowest BCUT2D eigenvalue weighted by molar-refractivity contribution is -0.146. The zero-order valence-electron chi connectivity index (χ0n) is 17.2. The number of nitrogens with zero attached hydrogens (tertiary/aromatic N) is 4. The molecule has 1 aliphatic rings. The number of anilines is 1. The predicted octanol–water partition coefficient (Wildman–Crippen LogP) is 3.08. The number of fused-ring (bicyclic) bond motifs is 1. The highest BCUT2D eigenvalue weighted by Crippen LogP contribution is 2.27. The van der Waals surface area contributed by atoms with Crippen molar-refractivity contribution >= 4 is 28.9 Å². The van der Waals surface area contributed by atoms with Crippen LogP contribution in [0.25, 0.3) is 16.9 Å². The van der Waals surface area contributed by atoms with Gasteiger partial charge < -0.3 is 15.2 Å². The van der Waals surface area contributed by atoms with Crippen LogP contribution in [0.2, 0.25) is 5.15 Å². The van der Waals surface area contributed by atoms with Gasteiger partial charge in [0.25, 0.3) is 0 Å². The van der Waals surface area contributed by atoms with Crippen molar-refractivity contribution in [3.8, 4) is 11.3 Å². The van der Waals surface area contributed by atoms with Crippen molar-refractivity contribution in [1.29, 1.82) is 0 Å². The van der Waals surface area contributed by atoms with Gasteiger partial charge in [-0.25, -0.2) is 13.9 Å². The number of halogens is 2. The molecule has 1 fully saturated rings. The average molecular weight is 448 g/mol. The number of rotatable bonds is 6. The van der Waals surface area contributed by atoms with Crippen LogP contribution in [-0.4, -0.2) is 56.1 Å². The van der Waals surface area contributed by atoms with Gasteiger partial charge in [-0.05, 0) is 42.7 Å². The average Bonchev–Trinajstić information content (AvgIpc) is 3.34. The van der Waals surface area contributed by atoms with Crippen LogP contribution in [-0.2, 0) is 16.0 Å². The van der Waals surface area contributed by atoms with Crippen molar-refractivity contribution in [2.75, 3.05) is 18.4 Å². The molecule has 2 atom stereocenters. The van der Waals surface area contributed by atoms with Crippen LogP contribution in [0.15, 0.2) is 30.5 Å². The fourth-order valence-corrected chi connectivity index (χ4v) is 3.97. The van der Waals surface area contributed by atoms with Crippen LogP contribution >= 0.6 is 11.6 Å². The Kier molecular flexibility index (Phi) is 6.08. The predicted molar refractivity (Wildman–Crippen MR) is 114 cm³/mol. The molecule has 2 N–H and O–H groups in total. The second-order valence-corrected chi connectivity index (χ2v) is 7.86. The van der Waals surface area contributed by atoms with E-state index in [-0.39, 0.29) is 12.1 Å². The SMILES string of the molecule is CCc1cc(Cl)nn2cc(-c3ccc(NC(O)N4CC[C@@H](OC(C)=O)C4)cc3F)nc12. The summed E-state index contributed by atoms with van der Waals surface area (Å²) in [5, 5.41) is 17.8. The Labute approximate surface area is 183 Å². The minimum Gasteiger partial charge on any atom is -0.461 e. The molecule has 1 aliphatic heterocycles. The molecule has 0 aliphatic carbocycles. The summed E-state index contributed by atoms with van der Waals surface area (Å²) in [4.78, 5) is 17.3.